The molecule has 0 aliphatic rings. The van der Waals surface area contributed by atoms with Crippen LogP contribution in [0.25, 0.3) is 28.3 Å². The lowest BCUT2D eigenvalue weighted by atomic mass is 10.4. The molecule has 4 heterocycles. The molecule has 0 aromatic carbocycles. The summed E-state index contributed by atoms with van der Waals surface area (Å²) in [4.78, 5) is 8.77. The van der Waals surface area contributed by atoms with Crippen LogP contribution in [-0.4, -0.2) is 29.4 Å². The van der Waals surface area contributed by atoms with E-state index in [2.05, 4.69) is 25.6 Å². The first-order valence-electron chi connectivity index (χ1n) is 5.87. The van der Waals surface area contributed by atoms with E-state index in [9.17, 15) is 0 Å². The van der Waals surface area contributed by atoms with Gasteiger partial charge in [-0.25, -0.2) is 10.8 Å². The molecule has 0 spiro atoms. The van der Waals surface area contributed by atoms with E-state index >= 15 is 0 Å². The number of aryl methyl sites for hydroxylation is 1. The van der Waals surface area contributed by atoms with E-state index in [1.807, 2.05) is 13.2 Å². The first-order valence-corrected chi connectivity index (χ1v) is 5.87. The number of furan rings is 1. The summed E-state index contributed by atoms with van der Waals surface area (Å²) in [6.45, 7) is 0. The van der Waals surface area contributed by atoms with Gasteiger partial charge in [0.1, 0.15) is 0 Å². The Morgan fingerprint density at radius 3 is 2.86 bits per heavy atom. The predicted molar refractivity (Wildman–Crippen MR) is 77.8 cm³/mol. The zero-order valence-corrected chi connectivity index (χ0v) is 11.7. The number of nitrogens with two attached hydrogens (primary N) is 1. The highest BCUT2D eigenvalue weighted by Crippen LogP contribution is 2.23. The Morgan fingerprint density at radius 2 is 2.14 bits per heavy atom. The van der Waals surface area contributed by atoms with Crippen molar-refractivity contribution in [1.29, 1.82) is 0 Å². The van der Waals surface area contributed by atoms with Crippen LogP contribution in [0, 0.1) is 0 Å². The van der Waals surface area contributed by atoms with Crippen LogP contribution < -0.4 is 11.3 Å². The minimum absolute atomic E-state index is 0. The summed E-state index contributed by atoms with van der Waals surface area (Å²) < 4.78 is 8.50. The minimum Gasteiger partial charge on any atom is -0.461 e. The number of hydrogen-bond acceptors (Lipinski definition) is 7. The number of halogens is 1. The number of fused-ring (bicyclic) bond motifs is 3. The summed E-state index contributed by atoms with van der Waals surface area (Å²) in [6, 6.07) is 3.57. The van der Waals surface area contributed by atoms with Gasteiger partial charge < -0.3 is 4.42 Å². The maximum atomic E-state index is 5.48. The summed E-state index contributed by atoms with van der Waals surface area (Å²) in [5.74, 6) is 6.88. The van der Waals surface area contributed by atoms with E-state index in [4.69, 9.17) is 10.3 Å². The smallest absolute Gasteiger partial charge is 0.242 e. The van der Waals surface area contributed by atoms with Crippen molar-refractivity contribution in [2.75, 3.05) is 5.43 Å². The summed E-state index contributed by atoms with van der Waals surface area (Å²) in [5, 5.41) is 9.39. The molecule has 0 radical (unpaired) electrons. The van der Waals surface area contributed by atoms with Gasteiger partial charge in [0.25, 0.3) is 0 Å². The second-order valence-corrected chi connectivity index (χ2v) is 4.27. The third-order valence-corrected chi connectivity index (χ3v) is 2.94. The zero-order valence-electron chi connectivity index (χ0n) is 10.9. The third-order valence-electron chi connectivity index (χ3n) is 2.94. The van der Waals surface area contributed by atoms with Crippen molar-refractivity contribution in [3.8, 4) is 11.6 Å². The molecule has 108 valence electrons. The number of rotatable bonds is 2. The fourth-order valence-electron chi connectivity index (χ4n) is 2.10. The molecule has 21 heavy (non-hydrogen) atoms. The average Bonchev–Trinajstić information content (AvgIpc) is 3.14. The second kappa shape index (κ2) is 4.72. The Morgan fingerprint density at radius 1 is 1.29 bits per heavy atom. The van der Waals surface area contributed by atoms with E-state index < -0.39 is 0 Å². The largest absolute Gasteiger partial charge is 0.461 e. The molecular formula is C11H11ClN8O. The molecule has 0 atom stereocenters. The Labute approximate surface area is 124 Å². The normalized spacial score (nSPS) is 11.0. The quantitative estimate of drug-likeness (QED) is 0.419. The summed E-state index contributed by atoms with van der Waals surface area (Å²) >= 11 is 0. The van der Waals surface area contributed by atoms with E-state index in [1.54, 1.807) is 23.1 Å². The Balaban J connectivity index is 0.00000132. The molecule has 0 aliphatic carbocycles. The SMILES string of the molecule is Cl.Cn1cc2c(nc(NN)n3nc(-c4ccco4)nc23)n1. The molecule has 0 unspecified atom stereocenters. The van der Waals surface area contributed by atoms with Crippen molar-refractivity contribution in [3.63, 3.8) is 0 Å². The molecule has 4 aromatic heterocycles. The van der Waals surface area contributed by atoms with Crippen molar-refractivity contribution >= 4 is 35.0 Å². The zero-order chi connectivity index (χ0) is 13.7. The molecule has 4 aromatic rings. The number of hydrazine groups is 1. The van der Waals surface area contributed by atoms with Crippen LogP contribution in [0.3, 0.4) is 0 Å². The second-order valence-electron chi connectivity index (χ2n) is 4.27. The molecule has 0 saturated heterocycles. The van der Waals surface area contributed by atoms with Crippen LogP contribution in [0.5, 0.6) is 0 Å². The van der Waals surface area contributed by atoms with Gasteiger partial charge in [0, 0.05) is 13.2 Å². The lowest BCUT2D eigenvalue weighted by Crippen LogP contribution is -2.13. The number of aromatic nitrogens is 6. The molecule has 0 aliphatic heterocycles. The lowest BCUT2D eigenvalue weighted by Gasteiger charge is -2.00. The van der Waals surface area contributed by atoms with Crippen molar-refractivity contribution < 1.29 is 4.42 Å². The van der Waals surface area contributed by atoms with Gasteiger partial charge in [-0.1, -0.05) is 0 Å². The lowest BCUT2D eigenvalue weighted by molar-refractivity contribution is 0.577. The van der Waals surface area contributed by atoms with Crippen LogP contribution in [0.2, 0.25) is 0 Å². The topological polar surface area (TPSA) is 112 Å². The van der Waals surface area contributed by atoms with E-state index in [-0.39, 0.29) is 12.4 Å². The number of nitrogens with one attached hydrogen (secondary N) is 1. The summed E-state index contributed by atoms with van der Waals surface area (Å²) in [5.41, 5.74) is 3.66. The highest BCUT2D eigenvalue weighted by molar-refractivity contribution is 5.90. The highest BCUT2D eigenvalue weighted by Gasteiger charge is 2.16. The molecule has 0 bridgehead atoms. The average molecular weight is 307 g/mol. The van der Waals surface area contributed by atoms with Gasteiger partial charge in [0.15, 0.2) is 17.1 Å². The summed E-state index contributed by atoms with van der Waals surface area (Å²) in [7, 11) is 1.82. The fraction of sp³-hybridized carbons (Fsp3) is 0.0909. The molecular weight excluding hydrogens is 296 g/mol. The number of hydrogen-bond donors (Lipinski definition) is 2. The Kier molecular flexibility index (Phi) is 3.00. The van der Waals surface area contributed by atoms with E-state index in [1.165, 1.54) is 4.52 Å². The standard InChI is InChI=1S/C11H10N8O.ClH/c1-18-5-6-8(16-18)14-11(15-12)19-10(6)13-9(17-19)7-3-2-4-20-7;/h2-5H,12H2,1H3,(H,14,15,16);1H. The first kappa shape index (κ1) is 13.3. The molecule has 0 amide bonds. The van der Waals surface area contributed by atoms with E-state index in [0.29, 0.717) is 28.8 Å². The van der Waals surface area contributed by atoms with Gasteiger partial charge in [-0.3, -0.25) is 10.1 Å². The van der Waals surface area contributed by atoms with Gasteiger partial charge in [0.2, 0.25) is 11.8 Å². The van der Waals surface area contributed by atoms with Crippen molar-refractivity contribution in [2.24, 2.45) is 12.9 Å². The van der Waals surface area contributed by atoms with Gasteiger partial charge in [0.05, 0.1) is 11.6 Å². The van der Waals surface area contributed by atoms with Crippen molar-refractivity contribution in [2.45, 2.75) is 0 Å². The number of nitrogen functional groups attached to an aromatic ring is 1. The Hall–Kier alpha value is -2.65. The van der Waals surface area contributed by atoms with E-state index in [0.717, 1.165) is 5.39 Å². The Bertz CT molecular complexity index is 909. The maximum Gasteiger partial charge on any atom is 0.242 e. The molecule has 3 N–H and O–H groups in total. The summed E-state index contributed by atoms with van der Waals surface area (Å²) in [6.07, 6.45) is 3.40. The fourth-order valence-corrected chi connectivity index (χ4v) is 2.10. The van der Waals surface area contributed by atoms with Crippen LogP contribution in [0.1, 0.15) is 0 Å². The molecule has 4 rings (SSSR count). The van der Waals surface area contributed by atoms with Crippen molar-refractivity contribution in [3.05, 3.63) is 24.6 Å². The van der Waals surface area contributed by atoms with Crippen LogP contribution in [0.4, 0.5) is 5.95 Å². The maximum absolute atomic E-state index is 5.48. The molecule has 9 nitrogen and oxygen atoms in total. The number of anilines is 1. The van der Waals surface area contributed by atoms with Gasteiger partial charge in [-0.2, -0.15) is 14.6 Å². The van der Waals surface area contributed by atoms with Gasteiger partial charge in [-0.05, 0) is 12.1 Å². The molecule has 0 fully saturated rings. The van der Waals surface area contributed by atoms with Crippen LogP contribution >= 0.6 is 12.4 Å². The van der Waals surface area contributed by atoms with Crippen molar-refractivity contribution in [1.82, 2.24) is 29.4 Å². The predicted octanol–water partition coefficient (Wildman–Crippen LogP) is 0.978. The molecule has 10 heteroatoms. The monoisotopic (exact) mass is 306 g/mol. The van der Waals surface area contributed by atoms with Gasteiger partial charge >= 0.3 is 0 Å². The molecule has 0 saturated carbocycles. The third kappa shape index (κ3) is 1.90. The number of nitrogens with zero attached hydrogens (tertiary/aromatic N) is 6. The van der Waals surface area contributed by atoms with Gasteiger partial charge in [-0.15, -0.1) is 17.5 Å². The van der Waals surface area contributed by atoms with Crippen LogP contribution in [-0.2, 0) is 7.05 Å². The minimum atomic E-state index is 0. The first-order chi connectivity index (χ1) is 9.76. The van der Waals surface area contributed by atoms with Crippen LogP contribution in [0.15, 0.2) is 29.0 Å². The highest BCUT2D eigenvalue weighted by atomic mass is 35.5.